The van der Waals surface area contributed by atoms with Crippen LogP contribution < -0.4 is 9.47 Å². The summed E-state index contributed by atoms with van der Waals surface area (Å²) in [5, 5.41) is 3.01. The Kier molecular flexibility index (Phi) is 5.81. The predicted molar refractivity (Wildman–Crippen MR) is 127 cm³/mol. The fourth-order valence-electron chi connectivity index (χ4n) is 4.35. The normalized spacial score (nSPS) is 15.9. The minimum Gasteiger partial charge on any atom is -0.497 e. The summed E-state index contributed by atoms with van der Waals surface area (Å²) in [6.07, 6.45) is -4.16. The third kappa shape index (κ3) is 4.27. The van der Waals surface area contributed by atoms with Gasteiger partial charge in [-0.3, -0.25) is 4.79 Å². The van der Waals surface area contributed by atoms with Crippen LogP contribution in [-0.4, -0.2) is 35.8 Å². The van der Waals surface area contributed by atoms with Crippen LogP contribution in [0.4, 0.5) is 13.2 Å². The van der Waals surface area contributed by atoms with E-state index in [2.05, 4.69) is 25.7 Å². The average molecular weight is 551 g/mol. The van der Waals surface area contributed by atoms with E-state index in [-0.39, 0.29) is 23.3 Å². The minimum atomic E-state index is -4.79. The van der Waals surface area contributed by atoms with Crippen molar-refractivity contribution in [2.45, 2.75) is 18.8 Å². The first-order valence-corrected chi connectivity index (χ1v) is 12.0. The van der Waals surface area contributed by atoms with Crippen LogP contribution in [0.1, 0.15) is 32.5 Å². The Morgan fingerprint density at radius 3 is 2.53 bits per heavy atom. The van der Waals surface area contributed by atoms with Gasteiger partial charge in [0.05, 0.1) is 7.11 Å². The van der Waals surface area contributed by atoms with Gasteiger partial charge in [-0.1, -0.05) is 0 Å². The van der Waals surface area contributed by atoms with Crippen LogP contribution in [-0.2, 0) is 6.42 Å². The summed E-state index contributed by atoms with van der Waals surface area (Å²) < 4.78 is 47.7. The van der Waals surface area contributed by atoms with E-state index in [1.165, 1.54) is 23.5 Å². The van der Waals surface area contributed by atoms with E-state index in [9.17, 15) is 18.0 Å². The number of amides is 1. The first-order valence-electron chi connectivity index (χ1n) is 10.3. The van der Waals surface area contributed by atoms with E-state index in [1.807, 2.05) is 29.6 Å². The van der Waals surface area contributed by atoms with Crippen molar-refractivity contribution in [1.82, 2.24) is 9.88 Å². The lowest BCUT2D eigenvalue weighted by atomic mass is 9.95. The third-order valence-corrected chi connectivity index (χ3v) is 7.53. The molecule has 0 unspecified atom stereocenters. The van der Waals surface area contributed by atoms with Gasteiger partial charge in [0.15, 0.2) is 0 Å². The van der Waals surface area contributed by atoms with Crippen LogP contribution in [0.3, 0.4) is 0 Å². The molecule has 34 heavy (non-hydrogen) atoms. The molecule has 0 aliphatic carbocycles. The number of benzene rings is 2. The number of methoxy groups -OCH3 is 1. The maximum atomic E-state index is 13.5. The number of carbonyl (C=O) groups is 1. The molecule has 5 rings (SSSR count). The van der Waals surface area contributed by atoms with Crippen LogP contribution in [0.2, 0.25) is 0 Å². The van der Waals surface area contributed by atoms with Gasteiger partial charge in [0.2, 0.25) is 0 Å². The number of H-pyrrole nitrogens is 1. The average Bonchev–Trinajstić information content (AvgIpc) is 3.40. The first-order chi connectivity index (χ1) is 16.2. The zero-order valence-electron chi connectivity index (χ0n) is 17.8. The van der Waals surface area contributed by atoms with Crippen LogP contribution >= 0.6 is 27.3 Å². The highest BCUT2D eigenvalue weighted by molar-refractivity contribution is 9.10. The number of fused-ring (bicyclic) bond motifs is 3. The van der Waals surface area contributed by atoms with Crippen LogP contribution in [0.5, 0.6) is 11.5 Å². The van der Waals surface area contributed by atoms with E-state index in [1.54, 1.807) is 12.0 Å². The van der Waals surface area contributed by atoms with Gasteiger partial charge >= 0.3 is 6.36 Å². The second-order valence-electron chi connectivity index (χ2n) is 7.82. The van der Waals surface area contributed by atoms with Gasteiger partial charge in [-0.2, -0.15) is 0 Å². The lowest BCUT2D eigenvalue weighted by Gasteiger charge is -2.35. The highest BCUT2D eigenvalue weighted by atomic mass is 79.9. The van der Waals surface area contributed by atoms with Crippen LogP contribution in [0.25, 0.3) is 10.9 Å². The number of aromatic amines is 1. The molecule has 0 saturated carbocycles. The second kappa shape index (κ2) is 8.66. The van der Waals surface area contributed by atoms with E-state index in [0.29, 0.717) is 13.0 Å². The molecule has 2 aromatic heterocycles. The number of nitrogens with one attached hydrogen (secondary N) is 1. The van der Waals surface area contributed by atoms with E-state index >= 15 is 0 Å². The van der Waals surface area contributed by atoms with Crippen molar-refractivity contribution in [3.8, 4) is 11.5 Å². The molecular weight excluding hydrogens is 533 g/mol. The Morgan fingerprint density at radius 1 is 1.15 bits per heavy atom. The molecule has 1 aliphatic rings. The van der Waals surface area contributed by atoms with Gasteiger partial charge < -0.3 is 19.4 Å². The molecule has 1 amide bonds. The molecule has 0 spiro atoms. The molecule has 0 bridgehead atoms. The summed E-state index contributed by atoms with van der Waals surface area (Å²) in [5.41, 5.74) is 3.29. The molecule has 1 atom stereocenters. The number of carbonyl (C=O) groups excluding carboxylic acids is 1. The quantitative estimate of drug-likeness (QED) is 0.308. The molecule has 5 nitrogen and oxygen atoms in total. The van der Waals surface area contributed by atoms with Crippen molar-refractivity contribution < 1.29 is 27.4 Å². The van der Waals surface area contributed by atoms with Crippen molar-refractivity contribution in [3.63, 3.8) is 0 Å². The zero-order chi connectivity index (χ0) is 24.0. The maximum Gasteiger partial charge on any atom is 0.573 e. The topological polar surface area (TPSA) is 54.6 Å². The van der Waals surface area contributed by atoms with Gasteiger partial charge in [-0.05, 0) is 76.4 Å². The molecule has 4 aromatic rings. The predicted octanol–water partition coefficient (Wildman–Crippen LogP) is 6.69. The molecule has 1 aliphatic heterocycles. The summed E-state index contributed by atoms with van der Waals surface area (Å²) >= 11 is 5.03. The number of hydrogen-bond acceptors (Lipinski definition) is 4. The Morgan fingerprint density at radius 2 is 1.88 bits per heavy atom. The summed E-state index contributed by atoms with van der Waals surface area (Å²) in [6, 6.07) is 12.5. The summed E-state index contributed by atoms with van der Waals surface area (Å²) in [5.74, 6) is 0.118. The Bertz CT molecular complexity index is 1360. The first kappa shape index (κ1) is 22.8. The second-order valence-corrected chi connectivity index (χ2v) is 9.68. The van der Waals surface area contributed by atoms with Gasteiger partial charge in [-0.25, -0.2) is 0 Å². The van der Waals surface area contributed by atoms with Crippen molar-refractivity contribution in [1.29, 1.82) is 0 Å². The summed E-state index contributed by atoms with van der Waals surface area (Å²) in [7, 11) is 1.62. The van der Waals surface area contributed by atoms with Crippen molar-refractivity contribution in [2.75, 3.05) is 13.7 Å². The van der Waals surface area contributed by atoms with Crippen LogP contribution in [0.15, 0.2) is 58.4 Å². The molecule has 10 heteroatoms. The minimum absolute atomic E-state index is 0.269. The zero-order valence-corrected chi connectivity index (χ0v) is 20.2. The van der Waals surface area contributed by atoms with Crippen molar-refractivity contribution >= 4 is 44.1 Å². The fourth-order valence-corrected chi connectivity index (χ4v) is 5.91. The van der Waals surface area contributed by atoms with Crippen molar-refractivity contribution in [2.24, 2.45) is 0 Å². The largest absolute Gasteiger partial charge is 0.573 e. The molecule has 0 fully saturated rings. The van der Waals surface area contributed by atoms with Gasteiger partial charge in [0.1, 0.15) is 17.5 Å². The Balaban J connectivity index is 1.54. The van der Waals surface area contributed by atoms with Crippen molar-refractivity contribution in [3.05, 3.63) is 80.1 Å². The number of ether oxygens (including phenoxy) is 2. The monoisotopic (exact) mass is 550 g/mol. The highest BCUT2D eigenvalue weighted by Crippen LogP contribution is 2.42. The molecule has 0 radical (unpaired) electrons. The lowest BCUT2D eigenvalue weighted by Crippen LogP contribution is -2.40. The number of aromatic nitrogens is 1. The van der Waals surface area contributed by atoms with Gasteiger partial charge in [0.25, 0.3) is 5.91 Å². The molecule has 0 saturated heterocycles. The Hall–Kier alpha value is -2.98. The highest BCUT2D eigenvalue weighted by Gasteiger charge is 2.36. The number of nitrogens with zero attached hydrogens (tertiary/aromatic N) is 1. The molecule has 176 valence electrons. The molecule has 2 aromatic carbocycles. The number of hydrogen-bond donors (Lipinski definition) is 1. The third-order valence-electron chi connectivity index (χ3n) is 5.79. The fraction of sp³-hybridized carbons (Fsp3) is 0.208. The standard InChI is InChI=1S/C24H18BrF3N2O3S/c1-32-16-6-7-19-18(11-16)17-8-9-30(22(21(17)29-19)20-10-14(25)12-34-20)23(31)13-2-4-15(5-3-13)33-24(26,27)28/h2-7,10-12,22,29H,8-9H2,1H3/t22-/m0/s1. The van der Waals surface area contributed by atoms with Gasteiger partial charge in [0, 0.05) is 43.4 Å². The van der Waals surface area contributed by atoms with E-state index in [4.69, 9.17) is 4.74 Å². The number of alkyl halides is 3. The Labute approximate surface area is 205 Å². The van der Waals surface area contributed by atoms with Gasteiger partial charge in [-0.15, -0.1) is 24.5 Å². The lowest BCUT2D eigenvalue weighted by molar-refractivity contribution is -0.274. The van der Waals surface area contributed by atoms with Crippen LogP contribution in [0, 0.1) is 0 Å². The van der Waals surface area contributed by atoms with E-state index < -0.39 is 6.36 Å². The molecule has 3 heterocycles. The molecular formula is C24H18BrF3N2O3S. The maximum absolute atomic E-state index is 13.5. The number of thiophene rings is 1. The number of halogens is 4. The van der Waals surface area contributed by atoms with E-state index in [0.717, 1.165) is 49.4 Å². The smallest absolute Gasteiger partial charge is 0.497 e. The summed E-state index contributed by atoms with van der Waals surface area (Å²) in [4.78, 5) is 19.8. The number of rotatable bonds is 4. The SMILES string of the molecule is COc1ccc2[nH]c3c(c2c1)CCN(C(=O)c1ccc(OC(F)(F)F)cc1)[C@H]3c1cc(Br)cs1. The molecule has 1 N–H and O–H groups in total. The summed E-state index contributed by atoms with van der Waals surface area (Å²) in [6.45, 7) is 0.455.